The number of carbonyl (C=O) groups is 3. The summed E-state index contributed by atoms with van der Waals surface area (Å²) in [6, 6.07) is 14.2. The third-order valence-corrected chi connectivity index (χ3v) is 5.40. The molecule has 7 heteroatoms. The Kier molecular flexibility index (Phi) is 11.8. The van der Waals surface area contributed by atoms with Gasteiger partial charge in [-0.25, -0.2) is 9.59 Å². The minimum Gasteiger partial charge on any atom is -0.457 e. The number of rotatable bonds is 12. The Morgan fingerprint density at radius 3 is 2.03 bits per heavy atom. The third kappa shape index (κ3) is 12.2. The smallest absolute Gasteiger partial charge is 0.375 e. The van der Waals surface area contributed by atoms with Crippen LogP contribution in [0, 0.1) is 0 Å². The van der Waals surface area contributed by atoms with E-state index in [4.69, 9.17) is 14.2 Å². The zero-order valence-electron chi connectivity index (χ0n) is 24.4. The van der Waals surface area contributed by atoms with Gasteiger partial charge in [-0.05, 0) is 84.2 Å². The number of hydrogen-bond donors (Lipinski definition) is 1. The summed E-state index contributed by atoms with van der Waals surface area (Å²) in [7, 11) is 0. The molecule has 212 valence electrons. The first-order valence-corrected chi connectivity index (χ1v) is 13.6. The number of anilines is 1. The van der Waals surface area contributed by atoms with Gasteiger partial charge in [0, 0.05) is 5.56 Å². The minimum absolute atomic E-state index is 0.176. The summed E-state index contributed by atoms with van der Waals surface area (Å²) in [6.45, 7) is 12.5. The van der Waals surface area contributed by atoms with Crippen molar-refractivity contribution < 1.29 is 28.6 Å². The molecule has 39 heavy (non-hydrogen) atoms. The molecule has 0 bridgehead atoms. The quantitative estimate of drug-likeness (QED) is 0.131. The molecule has 0 fully saturated rings. The fraction of sp³-hybridized carbons (Fsp3) is 0.469. The predicted octanol–water partition coefficient (Wildman–Crippen LogP) is 7.40. The fourth-order valence-corrected chi connectivity index (χ4v) is 3.62. The molecule has 0 radical (unpaired) electrons. The number of unbranched alkanes of at least 4 members (excludes halogenated alkanes) is 4. The zero-order valence-corrected chi connectivity index (χ0v) is 24.4. The normalized spacial score (nSPS) is 12.0. The summed E-state index contributed by atoms with van der Waals surface area (Å²) in [5.41, 5.74) is 0.449. The highest BCUT2D eigenvalue weighted by atomic mass is 16.6. The van der Waals surface area contributed by atoms with Gasteiger partial charge in [0.2, 0.25) is 5.76 Å². The van der Waals surface area contributed by atoms with Crippen molar-refractivity contribution in [3.63, 3.8) is 0 Å². The average molecular weight is 538 g/mol. The van der Waals surface area contributed by atoms with Crippen molar-refractivity contribution >= 4 is 23.5 Å². The molecule has 0 aliphatic carbocycles. The highest BCUT2D eigenvalue weighted by Gasteiger charge is 2.25. The second-order valence-corrected chi connectivity index (χ2v) is 11.5. The van der Waals surface area contributed by atoms with Crippen LogP contribution >= 0.6 is 0 Å². The molecule has 0 aliphatic rings. The van der Waals surface area contributed by atoms with E-state index in [9.17, 15) is 14.4 Å². The van der Waals surface area contributed by atoms with Crippen LogP contribution in [0.4, 0.5) is 5.69 Å². The van der Waals surface area contributed by atoms with Gasteiger partial charge in [-0.2, -0.15) is 0 Å². The van der Waals surface area contributed by atoms with E-state index >= 15 is 0 Å². The number of para-hydroxylation sites is 2. The lowest BCUT2D eigenvalue weighted by molar-refractivity contribution is -0.154. The van der Waals surface area contributed by atoms with Gasteiger partial charge < -0.3 is 19.5 Å². The Hall–Kier alpha value is -3.61. The number of ether oxygens (including phenoxy) is 3. The topological polar surface area (TPSA) is 90.9 Å². The summed E-state index contributed by atoms with van der Waals surface area (Å²) in [5, 5.41) is 2.84. The maximum Gasteiger partial charge on any atom is 0.375 e. The molecule has 0 saturated heterocycles. The molecule has 0 aliphatic heterocycles. The summed E-state index contributed by atoms with van der Waals surface area (Å²) < 4.78 is 16.6. The molecule has 0 heterocycles. The van der Waals surface area contributed by atoms with Crippen molar-refractivity contribution in [2.75, 3.05) is 5.32 Å². The van der Waals surface area contributed by atoms with E-state index in [0.29, 0.717) is 11.3 Å². The van der Waals surface area contributed by atoms with Crippen LogP contribution in [0.5, 0.6) is 5.75 Å². The Bertz CT molecular complexity index is 1140. The lowest BCUT2D eigenvalue weighted by atomic mass is 10.0. The summed E-state index contributed by atoms with van der Waals surface area (Å²) in [4.78, 5) is 38.3. The molecule has 2 aromatic rings. The predicted molar refractivity (Wildman–Crippen MR) is 154 cm³/mol. The molecular formula is C32H43NO6. The molecule has 0 aromatic heterocycles. The molecule has 0 unspecified atom stereocenters. The van der Waals surface area contributed by atoms with Gasteiger partial charge in [0.15, 0.2) is 5.75 Å². The second-order valence-electron chi connectivity index (χ2n) is 11.5. The maximum absolute atomic E-state index is 13.0. The summed E-state index contributed by atoms with van der Waals surface area (Å²) in [6.07, 6.45) is 8.02. The molecular weight excluding hydrogens is 494 g/mol. The number of amides is 1. The van der Waals surface area contributed by atoms with Crippen LogP contribution in [0.25, 0.3) is 0 Å². The Morgan fingerprint density at radius 2 is 1.41 bits per heavy atom. The number of benzene rings is 2. The molecule has 2 aromatic carbocycles. The lowest BCUT2D eigenvalue weighted by Crippen LogP contribution is -2.28. The molecule has 7 nitrogen and oxygen atoms in total. The molecule has 0 atom stereocenters. The van der Waals surface area contributed by atoms with Crippen LogP contribution in [0.3, 0.4) is 0 Å². The first-order chi connectivity index (χ1) is 18.3. The Labute approximate surface area is 232 Å². The first-order valence-electron chi connectivity index (χ1n) is 13.6. The summed E-state index contributed by atoms with van der Waals surface area (Å²) >= 11 is 0. The third-order valence-electron chi connectivity index (χ3n) is 5.40. The van der Waals surface area contributed by atoms with E-state index in [1.807, 2.05) is 12.1 Å². The second kappa shape index (κ2) is 14.5. The number of esters is 2. The molecule has 2 rings (SSSR count). The number of hydrogen-bond acceptors (Lipinski definition) is 6. The van der Waals surface area contributed by atoms with Crippen molar-refractivity contribution in [3.8, 4) is 5.75 Å². The van der Waals surface area contributed by atoms with Crippen LogP contribution in [0.15, 0.2) is 60.4 Å². The van der Waals surface area contributed by atoms with Crippen LogP contribution in [-0.2, 0) is 25.5 Å². The molecule has 1 amide bonds. The average Bonchev–Trinajstić information content (AvgIpc) is 2.82. The highest BCUT2D eigenvalue weighted by Crippen LogP contribution is 2.27. The zero-order chi connectivity index (χ0) is 29.1. The molecule has 0 spiro atoms. The van der Waals surface area contributed by atoms with Crippen molar-refractivity contribution in [1.82, 2.24) is 0 Å². The van der Waals surface area contributed by atoms with Crippen molar-refractivity contribution in [3.05, 3.63) is 71.5 Å². The van der Waals surface area contributed by atoms with E-state index in [0.717, 1.165) is 18.9 Å². The largest absolute Gasteiger partial charge is 0.457 e. The molecule has 1 N–H and O–H groups in total. The van der Waals surface area contributed by atoms with Gasteiger partial charge in [-0.15, -0.1) is 0 Å². The number of carbonyl (C=O) groups excluding carboxylic acids is 3. The van der Waals surface area contributed by atoms with Crippen molar-refractivity contribution in [1.29, 1.82) is 0 Å². The van der Waals surface area contributed by atoms with Gasteiger partial charge in [0.1, 0.15) is 11.2 Å². The van der Waals surface area contributed by atoms with Crippen molar-refractivity contribution in [2.45, 2.75) is 98.2 Å². The van der Waals surface area contributed by atoms with Crippen LogP contribution < -0.4 is 10.1 Å². The van der Waals surface area contributed by atoms with Crippen LogP contribution in [0.1, 0.15) is 96.5 Å². The van der Waals surface area contributed by atoms with Crippen molar-refractivity contribution in [2.24, 2.45) is 0 Å². The minimum atomic E-state index is -0.834. The van der Waals surface area contributed by atoms with Crippen LogP contribution in [-0.4, -0.2) is 29.0 Å². The van der Waals surface area contributed by atoms with E-state index in [1.54, 1.807) is 77.9 Å². The fourth-order valence-electron chi connectivity index (χ4n) is 3.62. The van der Waals surface area contributed by atoms with Gasteiger partial charge in [-0.1, -0.05) is 56.9 Å². The highest BCUT2D eigenvalue weighted by molar-refractivity contribution is 6.05. The van der Waals surface area contributed by atoms with E-state index < -0.39 is 23.1 Å². The van der Waals surface area contributed by atoms with Gasteiger partial charge >= 0.3 is 11.9 Å². The van der Waals surface area contributed by atoms with Gasteiger partial charge in [-0.3, -0.25) is 4.79 Å². The van der Waals surface area contributed by atoms with Crippen LogP contribution in [0.2, 0.25) is 0 Å². The number of aryl methyl sites for hydroxylation is 1. The van der Waals surface area contributed by atoms with Gasteiger partial charge in [0.05, 0.1) is 11.8 Å². The monoisotopic (exact) mass is 537 g/mol. The van der Waals surface area contributed by atoms with E-state index in [1.165, 1.54) is 31.2 Å². The standard InChI is InChI=1S/C32H43NO6/c1-8-9-10-11-12-15-23-18-20-24(21-19-23)29(35)33-25-16-13-14-17-26(25)37-27(30(36)39-32(5,6)7)22-28(34)38-31(2,3)4/h13-14,16-22H,8-12,15H2,1-7H3,(H,33,35)/b27-22+. The first kappa shape index (κ1) is 31.6. The Morgan fingerprint density at radius 1 is 0.795 bits per heavy atom. The SMILES string of the molecule is CCCCCCCc1ccc(C(=O)Nc2ccccc2O/C(=C/C(=O)OC(C)(C)C)C(=O)OC(C)(C)C)cc1. The molecule has 0 saturated carbocycles. The summed E-state index contributed by atoms with van der Waals surface area (Å²) in [5.74, 6) is -2.09. The van der Waals surface area contributed by atoms with E-state index in [2.05, 4.69) is 12.2 Å². The Balaban J connectivity index is 2.18. The maximum atomic E-state index is 13.0. The van der Waals surface area contributed by atoms with E-state index in [-0.39, 0.29) is 17.4 Å². The van der Waals surface area contributed by atoms with Gasteiger partial charge in [0.25, 0.3) is 5.91 Å². The lowest BCUT2D eigenvalue weighted by Gasteiger charge is -2.22. The number of nitrogens with one attached hydrogen (secondary N) is 1.